The first-order chi connectivity index (χ1) is 7.25. The van der Waals surface area contributed by atoms with Gasteiger partial charge in [0.05, 0.1) is 5.71 Å². The molecule has 0 heterocycles. The zero-order valence-electron chi connectivity index (χ0n) is 8.03. The van der Waals surface area contributed by atoms with Gasteiger partial charge in [0.15, 0.2) is 0 Å². The van der Waals surface area contributed by atoms with Crippen LogP contribution in [0.1, 0.15) is 6.42 Å². The lowest BCUT2D eigenvalue weighted by atomic mass is 10.1. The molecule has 1 aromatic carbocycles. The van der Waals surface area contributed by atoms with Gasteiger partial charge in [-0.05, 0) is 30.3 Å². The smallest absolute Gasteiger partial charge is 0.148 e. The van der Waals surface area contributed by atoms with Crippen LogP contribution in [-0.2, 0) is 0 Å². The summed E-state index contributed by atoms with van der Waals surface area (Å²) in [6, 6.07) is 7.10. The number of allylic oxidation sites excluding steroid dienone is 4. The van der Waals surface area contributed by atoms with E-state index in [1.54, 1.807) is 30.3 Å². The fourth-order valence-electron chi connectivity index (χ4n) is 1.27. The second-order valence-corrected chi connectivity index (χ2v) is 3.63. The van der Waals surface area contributed by atoms with Crippen molar-refractivity contribution in [1.29, 1.82) is 5.41 Å². The van der Waals surface area contributed by atoms with Crippen LogP contribution < -0.4 is 4.74 Å². The average molecular weight is 220 g/mol. The number of benzene rings is 1. The van der Waals surface area contributed by atoms with Gasteiger partial charge in [-0.2, -0.15) is 0 Å². The molecular formula is C12H10ClNO. The van der Waals surface area contributed by atoms with E-state index >= 15 is 0 Å². The van der Waals surface area contributed by atoms with Crippen molar-refractivity contribution in [2.45, 2.75) is 6.42 Å². The standard InChI is InChI=1S/C12H10ClNO/c13-9-5-7-10(8-6-9)15-12-4-2-1-3-11(12)14/h1-2,4-8,14H,3H2. The molecule has 0 bridgehead atoms. The molecule has 1 aliphatic carbocycles. The molecule has 0 saturated carbocycles. The van der Waals surface area contributed by atoms with E-state index in [0.717, 1.165) is 0 Å². The van der Waals surface area contributed by atoms with Crippen LogP contribution >= 0.6 is 11.6 Å². The monoisotopic (exact) mass is 219 g/mol. The summed E-state index contributed by atoms with van der Waals surface area (Å²) in [4.78, 5) is 0. The third-order valence-electron chi connectivity index (χ3n) is 2.04. The minimum absolute atomic E-state index is 0.493. The quantitative estimate of drug-likeness (QED) is 0.810. The van der Waals surface area contributed by atoms with Gasteiger partial charge in [0.1, 0.15) is 11.5 Å². The maximum Gasteiger partial charge on any atom is 0.148 e. The number of ether oxygens (including phenoxy) is 1. The summed E-state index contributed by atoms with van der Waals surface area (Å²) in [5.41, 5.74) is 0.493. The molecule has 0 unspecified atom stereocenters. The zero-order chi connectivity index (χ0) is 10.7. The average Bonchev–Trinajstić information content (AvgIpc) is 2.25. The van der Waals surface area contributed by atoms with Gasteiger partial charge in [0.2, 0.25) is 0 Å². The van der Waals surface area contributed by atoms with E-state index in [0.29, 0.717) is 28.7 Å². The first-order valence-electron chi connectivity index (χ1n) is 4.64. The van der Waals surface area contributed by atoms with E-state index in [4.69, 9.17) is 21.7 Å². The van der Waals surface area contributed by atoms with Crippen molar-refractivity contribution in [1.82, 2.24) is 0 Å². The topological polar surface area (TPSA) is 33.1 Å². The van der Waals surface area contributed by atoms with Crippen molar-refractivity contribution in [3.8, 4) is 5.75 Å². The SMILES string of the molecule is N=C1CC=CC=C1Oc1ccc(Cl)cc1. The number of rotatable bonds is 2. The Morgan fingerprint density at radius 3 is 2.60 bits per heavy atom. The van der Waals surface area contributed by atoms with Gasteiger partial charge in [0, 0.05) is 11.4 Å². The number of hydrogen-bond donors (Lipinski definition) is 1. The van der Waals surface area contributed by atoms with Gasteiger partial charge < -0.3 is 10.1 Å². The molecule has 2 nitrogen and oxygen atoms in total. The second kappa shape index (κ2) is 4.32. The van der Waals surface area contributed by atoms with E-state index in [9.17, 15) is 0 Å². The first-order valence-corrected chi connectivity index (χ1v) is 5.01. The Morgan fingerprint density at radius 2 is 1.93 bits per heavy atom. The van der Waals surface area contributed by atoms with Crippen molar-refractivity contribution >= 4 is 17.3 Å². The summed E-state index contributed by atoms with van der Waals surface area (Å²) in [5, 5.41) is 8.34. The predicted octanol–water partition coefficient (Wildman–Crippen LogP) is 3.58. The third kappa shape index (κ3) is 2.48. The maximum absolute atomic E-state index is 7.67. The number of hydrogen-bond acceptors (Lipinski definition) is 2. The summed E-state index contributed by atoms with van der Waals surface area (Å²) >= 11 is 5.76. The molecule has 0 saturated heterocycles. The van der Waals surface area contributed by atoms with Crippen molar-refractivity contribution in [3.05, 3.63) is 53.3 Å². The fourth-order valence-corrected chi connectivity index (χ4v) is 1.39. The van der Waals surface area contributed by atoms with Crippen molar-refractivity contribution in [3.63, 3.8) is 0 Å². The van der Waals surface area contributed by atoms with Gasteiger partial charge in [0.25, 0.3) is 0 Å². The van der Waals surface area contributed by atoms with Crippen LogP contribution in [0.25, 0.3) is 0 Å². The minimum Gasteiger partial charge on any atom is -0.455 e. The molecule has 0 aromatic heterocycles. The molecule has 0 aliphatic heterocycles. The Morgan fingerprint density at radius 1 is 1.20 bits per heavy atom. The van der Waals surface area contributed by atoms with Crippen LogP contribution in [0, 0.1) is 5.41 Å². The van der Waals surface area contributed by atoms with Crippen molar-refractivity contribution < 1.29 is 4.74 Å². The Hall–Kier alpha value is -1.54. The van der Waals surface area contributed by atoms with Crippen molar-refractivity contribution in [2.24, 2.45) is 0 Å². The number of halogens is 1. The molecule has 1 N–H and O–H groups in total. The van der Waals surface area contributed by atoms with Gasteiger partial charge in [-0.1, -0.05) is 23.8 Å². The third-order valence-corrected chi connectivity index (χ3v) is 2.30. The highest BCUT2D eigenvalue weighted by atomic mass is 35.5. The van der Waals surface area contributed by atoms with E-state index in [1.165, 1.54) is 0 Å². The molecule has 0 amide bonds. The lowest BCUT2D eigenvalue weighted by molar-refractivity contribution is 0.451. The Balaban J connectivity index is 2.14. The summed E-state index contributed by atoms with van der Waals surface area (Å²) in [7, 11) is 0. The molecule has 2 rings (SSSR count). The van der Waals surface area contributed by atoms with Gasteiger partial charge in [-0.15, -0.1) is 0 Å². The van der Waals surface area contributed by atoms with Crippen LogP contribution in [0.15, 0.2) is 48.3 Å². The Kier molecular flexibility index (Phi) is 2.88. The van der Waals surface area contributed by atoms with Crippen LogP contribution in [0.5, 0.6) is 5.75 Å². The molecule has 0 fully saturated rings. The van der Waals surface area contributed by atoms with Crippen molar-refractivity contribution in [2.75, 3.05) is 0 Å². The largest absolute Gasteiger partial charge is 0.455 e. The highest BCUT2D eigenvalue weighted by Gasteiger charge is 2.08. The summed E-state index contributed by atoms with van der Waals surface area (Å²) in [6.07, 6.45) is 6.24. The zero-order valence-corrected chi connectivity index (χ0v) is 8.79. The summed E-state index contributed by atoms with van der Waals surface area (Å²) in [6.45, 7) is 0. The second-order valence-electron chi connectivity index (χ2n) is 3.20. The van der Waals surface area contributed by atoms with Gasteiger partial charge in [-0.3, -0.25) is 0 Å². The van der Waals surface area contributed by atoms with E-state index in [1.807, 2.05) is 12.2 Å². The minimum atomic E-state index is 0.493. The molecular weight excluding hydrogens is 210 g/mol. The first kappa shape index (κ1) is 9.99. The van der Waals surface area contributed by atoms with Gasteiger partial charge in [-0.25, -0.2) is 0 Å². The Bertz CT molecular complexity index is 431. The molecule has 76 valence electrons. The summed E-state index contributed by atoms with van der Waals surface area (Å²) in [5.74, 6) is 1.30. The predicted molar refractivity (Wildman–Crippen MR) is 61.6 cm³/mol. The van der Waals surface area contributed by atoms with Gasteiger partial charge >= 0.3 is 0 Å². The molecule has 15 heavy (non-hydrogen) atoms. The highest BCUT2D eigenvalue weighted by molar-refractivity contribution is 6.30. The molecule has 1 aromatic rings. The van der Waals surface area contributed by atoms with Crippen LogP contribution in [-0.4, -0.2) is 5.71 Å². The van der Waals surface area contributed by atoms with E-state index < -0.39 is 0 Å². The van der Waals surface area contributed by atoms with Crippen LogP contribution in [0.3, 0.4) is 0 Å². The molecule has 0 atom stereocenters. The normalized spacial score (nSPS) is 15.0. The van der Waals surface area contributed by atoms with Crippen LogP contribution in [0.4, 0.5) is 0 Å². The highest BCUT2D eigenvalue weighted by Crippen LogP contribution is 2.19. The summed E-state index contributed by atoms with van der Waals surface area (Å²) < 4.78 is 5.55. The lowest BCUT2D eigenvalue weighted by Gasteiger charge is -2.12. The lowest BCUT2D eigenvalue weighted by Crippen LogP contribution is -2.09. The molecule has 1 aliphatic rings. The maximum atomic E-state index is 7.67. The molecule has 0 spiro atoms. The molecule has 3 heteroatoms. The fraction of sp³-hybridized carbons (Fsp3) is 0.0833. The van der Waals surface area contributed by atoms with E-state index in [-0.39, 0.29) is 0 Å². The number of nitrogens with one attached hydrogen (secondary N) is 1. The Labute approximate surface area is 93.3 Å². The van der Waals surface area contributed by atoms with Crippen LogP contribution in [0.2, 0.25) is 5.02 Å². The van der Waals surface area contributed by atoms with E-state index in [2.05, 4.69) is 0 Å². The molecule has 0 radical (unpaired) electrons.